The minimum Gasteiger partial charge on any atom is -0.459 e. The van der Waals surface area contributed by atoms with Crippen LogP contribution in [-0.4, -0.2) is 27.8 Å². The van der Waals surface area contributed by atoms with Crippen LogP contribution in [0.4, 0.5) is 5.69 Å². The summed E-state index contributed by atoms with van der Waals surface area (Å²) < 4.78 is 13.4. The summed E-state index contributed by atoms with van der Waals surface area (Å²) in [5.74, 6) is 0.256. The van der Waals surface area contributed by atoms with Crippen molar-refractivity contribution in [3.63, 3.8) is 0 Å². The van der Waals surface area contributed by atoms with Gasteiger partial charge in [0, 0.05) is 28.7 Å². The van der Waals surface area contributed by atoms with Crippen molar-refractivity contribution in [2.45, 2.75) is 37.8 Å². The molecule has 0 bridgehead atoms. The van der Waals surface area contributed by atoms with Crippen molar-refractivity contribution in [2.75, 3.05) is 6.26 Å². The first kappa shape index (κ1) is 28.6. The Balaban J connectivity index is 1.60. The van der Waals surface area contributed by atoms with Gasteiger partial charge in [-0.3, -0.25) is 19.5 Å². The number of carbonyl (C=O) groups excluding carboxylic acids is 1. The largest absolute Gasteiger partial charge is 0.459 e. The number of fused-ring (bicyclic) bond motifs is 1. The van der Waals surface area contributed by atoms with E-state index < -0.39 is 16.9 Å². The maximum atomic E-state index is 13.8. The second-order valence-electron chi connectivity index (χ2n) is 9.43. The van der Waals surface area contributed by atoms with Gasteiger partial charge < -0.3 is 9.15 Å². The standard InChI is InChI=1S/C29H24ClN3O6S2/c1-15(2)38-28(35)25-16(3)31-29-32(26(25)17-5-9-20(40-4)10-6-17)27(34)24(41-29)14-19-8-12-23(39-19)21-11-7-18(33(36)37)13-22(21)30/h5-15,26H,1-4H3/b24-14-/t26-/m1/s1. The van der Waals surface area contributed by atoms with E-state index in [-0.39, 0.29) is 22.4 Å². The number of esters is 1. The predicted molar refractivity (Wildman–Crippen MR) is 159 cm³/mol. The molecular weight excluding hydrogens is 586 g/mol. The Bertz CT molecular complexity index is 1890. The van der Waals surface area contributed by atoms with Crippen LogP contribution in [0.1, 0.15) is 38.1 Å². The van der Waals surface area contributed by atoms with E-state index in [0.717, 1.165) is 10.5 Å². The topological polar surface area (TPSA) is 117 Å². The van der Waals surface area contributed by atoms with Gasteiger partial charge in [0.25, 0.3) is 11.2 Å². The van der Waals surface area contributed by atoms with Gasteiger partial charge in [0.15, 0.2) is 4.80 Å². The summed E-state index contributed by atoms with van der Waals surface area (Å²) in [6.45, 7) is 5.28. The lowest BCUT2D eigenvalue weighted by Crippen LogP contribution is -2.40. The molecule has 0 spiro atoms. The highest BCUT2D eigenvalue weighted by Crippen LogP contribution is 2.33. The van der Waals surface area contributed by atoms with Gasteiger partial charge in [-0.15, -0.1) is 11.8 Å². The Kier molecular flexibility index (Phi) is 8.03. The molecule has 1 aliphatic rings. The fraction of sp³-hybridized carbons (Fsp3) is 0.207. The fourth-order valence-electron chi connectivity index (χ4n) is 4.48. The Labute approximate surface area is 247 Å². The summed E-state index contributed by atoms with van der Waals surface area (Å²) in [5.41, 5.74) is 1.57. The van der Waals surface area contributed by atoms with Crippen LogP contribution in [0.15, 0.2) is 85.0 Å². The van der Waals surface area contributed by atoms with E-state index >= 15 is 0 Å². The normalized spacial score (nSPS) is 15.2. The third-order valence-corrected chi connectivity index (χ3v) is 8.38. The number of thiazole rings is 1. The third-order valence-electron chi connectivity index (χ3n) is 6.34. The van der Waals surface area contributed by atoms with E-state index in [1.807, 2.05) is 30.5 Å². The summed E-state index contributed by atoms with van der Waals surface area (Å²) in [7, 11) is 0. The SMILES string of the molecule is CSc1ccc([C@@H]2C(C(=O)OC(C)C)=C(C)N=c3s/c(=C\c4ccc(-c5ccc([N+](=O)[O-])cc5Cl)o4)c(=O)n32)cc1. The van der Waals surface area contributed by atoms with Gasteiger partial charge in [-0.2, -0.15) is 0 Å². The molecular formula is C29H24ClN3O6S2. The number of thioether (sulfide) groups is 1. The zero-order valence-electron chi connectivity index (χ0n) is 22.4. The molecule has 0 fully saturated rings. The van der Waals surface area contributed by atoms with Gasteiger partial charge in [0.05, 0.1) is 37.9 Å². The number of allylic oxidation sites excluding steroid dienone is 1. The maximum absolute atomic E-state index is 13.8. The molecule has 0 radical (unpaired) electrons. The molecule has 0 amide bonds. The van der Waals surface area contributed by atoms with Crippen LogP contribution in [0, 0.1) is 10.1 Å². The molecule has 1 atom stereocenters. The van der Waals surface area contributed by atoms with Crippen molar-refractivity contribution in [3.05, 3.63) is 112 Å². The van der Waals surface area contributed by atoms with Crippen LogP contribution in [0.25, 0.3) is 17.4 Å². The number of furan rings is 1. The molecule has 0 saturated heterocycles. The fourth-order valence-corrected chi connectivity index (χ4v) is 6.19. The molecule has 4 aromatic rings. The summed E-state index contributed by atoms with van der Waals surface area (Å²) in [4.78, 5) is 43.7. The molecule has 3 heterocycles. The maximum Gasteiger partial charge on any atom is 0.338 e. The van der Waals surface area contributed by atoms with Crippen molar-refractivity contribution in [3.8, 4) is 11.3 Å². The number of ether oxygens (including phenoxy) is 1. The van der Waals surface area contributed by atoms with E-state index in [1.54, 1.807) is 50.7 Å². The molecule has 1 aliphatic heterocycles. The minimum absolute atomic E-state index is 0.128. The van der Waals surface area contributed by atoms with E-state index in [9.17, 15) is 19.7 Å². The van der Waals surface area contributed by atoms with Crippen LogP contribution in [-0.2, 0) is 9.53 Å². The molecule has 2 aromatic carbocycles. The van der Waals surface area contributed by atoms with Gasteiger partial charge in [-0.25, -0.2) is 9.79 Å². The minimum atomic E-state index is -0.721. The summed E-state index contributed by atoms with van der Waals surface area (Å²) >= 11 is 9.05. The smallest absolute Gasteiger partial charge is 0.338 e. The van der Waals surface area contributed by atoms with Gasteiger partial charge in [-0.1, -0.05) is 35.1 Å². The van der Waals surface area contributed by atoms with Crippen molar-refractivity contribution in [2.24, 2.45) is 4.99 Å². The number of nitro groups is 1. The number of rotatable bonds is 7. The van der Waals surface area contributed by atoms with Crippen LogP contribution < -0.4 is 14.9 Å². The Morgan fingerprint density at radius 1 is 1.22 bits per heavy atom. The Hall–Kier alpha value is -3.93. The number of benzene rings is 2. The number of aromatic nitrogens is 1. The van der Waals surface area contributed by atoms with Crippen molar-refractivity contribution in [1.82, 2.24) is 4.57 Å². The average molecular weight is 610 g/mol. The Morgan fingerprint density at radius 2 is 1.95 bits per heavy atom. The number of hydrogen-bond acceptors (Lipinski definition) is 9. The molecule has 0 aliphatic carbocycles. The second-order valence-corrected chi connectivity index (χ2v) is 11.7. The summed E-state index contributed by atoms with van der Waals surface area (Å²) in [5, 5.41) is 11.2. The highest BCUT2D eigenvalue weighted by molar-refractivity contribution is 7.98. The van der Waals surface area contributed by atoms with Crippen LogP contribution in [0.2, 0.25) is 5.02 Å². The zero-order valence-corrected chi connectivity index (χ0v) is 24.8. The van der Waals surface area contributed by atoms with E-state index in [1.165, 1.54) is 34.1 Å². The molecule has 0 saturated carbocycles. The number of non-ortho nitro benzene ring substituents is 1. The van der Waals surface area contributed by atoms with Gasteiger partial charge in [-0.05, 0) is 62.9 Å². The highest BCUT2D eigenvalue weighted by atomic mass is 35.5. The lowest BCUT2D eigenvalue weighted by molar-refractivity contribution is -0.384. The molecule has 5 rings (SSSR count). The first-order chi connectivity index (χ1) is 19.6. The van der Waals surface area contributed by atoms with Crippen molar-refractivity contribution >= 4 is 52.4 Å². The number of carbonyl (C=O) groups is 1. The number of nitro benzene ring substituents is 1. The first-order valence-corrected chi connectivity index (χ1v) is 14.9. The van der Waals surface area contributed by atoms with Crippen LogP contribution >= 0.6 is 34.7 Å². The van der Waals surface area contributed by atoms with Crippen LogP contribution in [0.5, 0.6) is 0 Å². The van der Waals surface area contributed by atoms with Gasteiger partial charge >= 0.3 is 5.97 Å². The van der Waals surface area contributed by atoms with E-state index in [4.69, 9.17) is 20.8 Å². The lowest BCUT2D eigenvalue weighted by Gasteiger charge is -2.25. The van der Waals surface area contributed by atoms with Gasteiger partial charge in [0.1, 0.15) is 11.5 Å². The molecule has 2 aromatic heterocycles. The van der Waals surface area contributed by atoms with Gasteiger partial charge in [0.2, 0.25) is 0 Å². The zero-order chi connectivity index (χ0) is 29.4. The quantitative estimate of drug-likeness (QED) is 0.114. The third kappa shape index (κ3) is 5.65. The van der Waals surface area contributed by atoms with E-state index in [0.29, 0.717) is 37.7 Å². The first-order valence-electron chi connectivity index (χ1n) is 12.5. The monoisotopic (exact) mass is 609 g/mol. The molecule has 9 nitrogen and oxygen atoms in total. The van der Waals surface area contributed by atoms with Crippen molar-refractivity contribution in [1.29, 1.82) is 0 Å². The molecule has 0 N–H and O–H groups in total. The highest BCUT2D eigenvalue weighted by Gasteiger charge is 2.33. The average Bonchev–Trinajstić information content (AvgIpc) is 3.51. The molecule has 12 heteroatoms. The predicted octanol–water partition coefficient (Wildman–Crippen LogP) is 5.73. The van der Waals surface area contributed by atoms with E-state index in [2.05, 4.69) is 4.99 Å². The Morgan fingerprint density at radius 3 is 2.59 bits per heavy atom. The van der Waals surface area contributed by atoms with Crippen molar-refractivity contribution < 1.29 is 18.9 Å². The molecule has 0 unspecified atom stereocenters. The number of hydrogen-bond donors (Lipinski definition) is 0. The molecule has 41 heavy (non-hydrogen) atoms. The number of halogens is 1. The summed E-state index contributed by atoms with van der Waals surface area (Å²) in [6.07, 6.45) is 3.24. The second kappa shape index (κ2) is 11.5. The lowest BCUT2D eigenvalue weighted by atomic mass is 9.96. The summed E-state index contributed by atoms with van der Waals surface area (Å²) in [6, 6.07) is 14.5. The number of nitrogens with zero attached hydrogens (tertiary/aromatic N) is 3. The molecule has 210 valence electrons. The van der Waals surface area contributed by atoms with Crippen LogP contribution in [0.3, 0.4) is 0 Å².